The zero-order valence-electron chi connectivity index (χ0n) is 16.4. The molecule has 148 valence electrons. The number of carbonyl (C=O) groups excluding carboxylic acids is 1. The Morgan fingerprint density at radius 2 is 2.04 bits per heavy atom. The largest absolute Gasteiger partial charge is 0.481 e. The molecule has 2 fully saturated rings. The molecular formula is C21H30N2O4. The van der Waals surface area contributed by atoms with Gasteiger partial charge in [0.1, 0.15) is 5.41 Å². The number of hydrogen-bond donors (Lipinski definition) is 2. The van der Waals surface area contributed by atoms with Crippen molar-refractivity contribution < 1.29 is 19.8 Å². The number of rotatable bonds is 5. The fraction of sp³-hybridized carbons (Fsp3) is 0.619. The molecule has 0 aromatic heterocycles. The van der Waals surface area contributed by atoms with Crippen molar-refractivity contribution in [2.45, 2.75) is 38.7 Å². The van der Waals surface area contributed by atoms with Crippen LogP contribution in [-0.4, -0.2) is 70.7 Å². The summed E-state index contributed by atoms with van der Waals surface area (Å²) in [5.74, 6) is -0.889. The molecule has 2 N–H and O–H groups in total. The van der Waals surface area contributed by atoms with Crippen molar-refractivity contribution >= 4 is 11.9 Å². The minimum atomic E-state index is -0.860. The summed E-state index contributed by atoms with van der Waals surface area (Å²) >= 11 is 0. The van der Waals surface area contributed by atoms with Gasteiger partial charge in [0.15, 0.2) is 0 Å². The van der Waals surface area contributed by atoms with Crippen molar-refractivity contribution in [2.75, 3.05) is 33.2 Å². The van der Waals surface area contributed by atoms with Gasteiger partial charge in [0.2, 0.25) is 0 Å². The van der Waals surface area contributed by atoms with E-state index in [0.717, 1.165) is 18.5 Å². The number of carboxylic acids is 1. The van der Waals surface area contributed by atoms with E-state index in [9.17, 15) is 19.8 Å². The maximum absolute atomic E-state index is 13.1. The second-order valence-electron chi connectivity index (χ2n) is 8.88. The van der Waals surface area contributed by atoms with Gasteiger partial charge in [-0.1, -0.05) is 12.1 Å². The minimum Gasteiger partial charge on any atom is -0.481 e. The van der Waals surface area contributed by atoms with Crippen LogP contribution in [0, 0.1) is 11.3 Å². The molecule has 0 unspecified atom stereocenters. The number of piperidine rings is 1. The number of likely N-dealkylation sites (tertiary alicyclic amines) is 2. The molecule has 27 heavy (non-hydrogen) atoms. The molecule has 1 aromatic carbocycles. The Labute approximate surface area is 160 Å². The average molecular weight is 374 g/mol. The summed E-state index contributed by atoms with van der Waals surface area (Å²) in [5, 5.41) is 19.8. The van der Waals surface area contributed by atoms with E-state index >= 15 is 0 Å². The number of carbonyl (C=O) groups is 2. The number of aryl methyl sites for hydroxylation is 1. The predicted octanol–water partition coefficient (Wildman–Crippen LogP) is 1.87. The third-order valence-electron chi connectivity index (χ3n) is 6.02. The lowest BCUT2D eigenvalue weighted by atomic mass is 9.73. The van der Waals surface area contributed by atoms with Gasteiger partial charge in [-0.3, -0.25) is 9.59 Å². The molecule has 0 aliphatic carbocycles. The third kappa shape index (κ3) is 4.17. The summed E-state index contributed by atoms with van der Waals surface area (Å²) in [6, 6.07) is 7.48. The average Bonchev–Trinajstić information content (AvgIpc) is 2.99. The Morgan fingerprint density at radius 1 is 1.30 bits per heavy atom. The summed E-state index contributed by atoms with van der Waals surface area (Å²) in [6.45, 7) is 5.68. The number of amides is 1. The van der Waals surface area contributed by atoms with E-state index < -0.39 is 17.0 Å². The molecule has 0 saturated carbocycles. The van der Waals surface area contributed by atoms with Crippen LogP contribution in [-0.2, 0) is 11.2 Å². The van der Waals surface area contributed by atoms with Gasteiger partial charge in [-0.05, 0) is 70.3 Å². The van der Waals surface area contributed by atoms with Crippen molar-refractivity contribution in [3.8, 4) is 0 Å². The van der Waals surface area contributed by atoms with Crippen LogP contribution in [0.15, 0.2) is 24.3 Å². The van der Waals surface area contributed by atoms with Crippen LogP contribution in [0.1, 0.15) is 42.6 Å². The lowest BCUT2D eigenvalue weighted by Gasteiger charge is -2.39. The minimum absolute atomic E-state index is 0.00789. The predicted molar refractivity (Wildman–Crippen MR) is 103 cm³/mol. The summed E-state index contributed by atoms with van der Waals surface area (Å²) in [7, 11) is 1.94. The first-order chi connectivity index (χ1) is 12.6. The molecule has 1 aromatic rings. The molecule has 0 bridgehead atoms. The van der Waals surface area contributed by atoms with Gasteiger partial charge in [0.05, 0.1) is 5.60 Å². The molecule has 1 amide bonds. The van der Waals surface area contributed by atoms with E-state index in [1.807, 2.05) is 25.2 Å². The molecule has 6 nitrogen and oxygen atoms in total. The molecule has 2 aliphatic rings. The van der Waals surface area contributed by atoms with Gasteiger partial charge in [-0.25, -0.2) is 0 Å². The summed E-state index contributed by atoms with van der Waals surface area (Å²) in [4.78, 5) is 28.9. The maximum atomic E-state index is 13.1. The zero-order chi connectivity index (χ0) is 19.8. The fourth-order valence-electron chi connectivity index (χ4n) is 4.42. The van der Waals surface area contributed by atoms with Gasteiger partial charge in [-0.2, -0.15) is 0 Å². The topological polar surface area (TPSA) is 81.1 Å². The first-order valence-electron chi connectivity index (χ1n) is 9.63. The van der Waals surface area contributed by atoms with Crippen LogP contribution in [0.25, 0.3) is 0 Å². The quantitative estimate of drug-likeness (QED) is 0.822. The maximum Gasteiger partial charge on any atom is 0.313 e. The van der Waals surface area contributed by atoms with E-state index in [4.69, 9.17) is 0 Å². The normalized spacial score (nSPS) is 26.1. The van der Waals surface area contributed by atoms with E-state index in [1.54, 1.807) is 24.8 Å². The SMILES string of the molecule is CN1CC[C@H]2CN(C(=O)c3cccc(CCC(C)(C)O)c3)C[C@@]2(C(=O)O)C1. The fourth-order valence-corrected chi connectivity index (χ4v) is 4.42. The van der Waals surface area contributed by atoms with Crippen molar-refractivity contribution in [2.24, 2.45) is 11.3 Å². The van der Waals surface area contributed by atoms with Crippen molar-refractivity contribution in [1.29, 1.82) is 0 Å². The Balaban J connectivity index is 1.76. The Bertz CT molecular complexity index is 727. The number of nitrogens with zero attached hydrogens (tertiary/aromatic N) is 2. The molecule has 2 heterocycles. The molecule has 3 rings (SSSR count). The van der Waals surface area contributed by atoms with Gasteiger partial charge < -0.3 is 20.0 Å². The lowest BCUT2D eigenvalue weighted by Crippen LogP contribution is -2.52. The highest BCUT2D eigenvalue weighted by Crippen LogP contribution is 2.42. The molecule has 6 heteroatoms. The summed E-state index contributed by atoms with van der Waals surface area (Å²) in [6.07, 6.45) is 2.11. The van der Waals surface area contributed by atoms with Gasteiger partial charge >= 0.3 is 5.97 Å². The van der Waals surface area contributed by atoms with Gasteiger partial charge in [0, 0.05) is 25.2 Å². The molecule has 2 saturated heterocycles. The number of aliphatic carboxylic acids is 1. The number of aliphatic hydroxyl groups is 1. The van der Waals surface area contributed by atoms with Gasteiger partial charge in [0.25, 0.3) is 5.91 Å². The second kappa shape index (κ2) is 7.24. The van der Waals surface area contributed by atoms with Crippen LogP contribution >= 0.6 is 0 Å². The lowest BCUT2D eigenvalue weighted by molar-refractivity contribution is -0.153. The van der Waals surface area contributed by atoms with Crippen LogP contribution in [0.2, 0.25) is 0 Å². The Hall–Kier alpha value is -1.92. The monoisotopic (exact) mass is 374 g/mol. The number of fused-ring (bicyclic) bond motifs is 1. The number of benzene rings is 1. The van der Waals surface area contributed by atoms with Crippen LogP contribution < -0.4 is 0 Å². The van der Waals surface area contributed by atoms with E-state index in [0.29, 0.717) is 31.5 Å². The smallest absolute Gasteiger partial charge is 0.313 e. The standard InChI is InChI=1S/C21H30N2O4/c1-20(2,27)9-7-15-5-4-6-16(11-15)18(24)23-12-17-8-10-22(3)13-21(17,14-23)19(25)26/h4-6,11,17,27H,7-10,12-14H2,1-3H3,(H,25,26)/t17-,21-/m0/s1. The zero-order valence-corrected chi connectivity index (χ0v) is 16.4. The van der Waals surface area contributed by atoms with Crippen LogP contribution in [0.4, 0.5) is 0 Å². The third-order valence-corrected chi connectivity index (χ3v) is 6.02. The number of carboxylic acid groups (broad SMARTS) is 1. The molecule has 2 atom stereocenters. The van der Waals surface area contributed by atoms with E-state index in [2.05, 4.69) is 4.90 Å². The first kappa shape index (κ1) is 19.8. The molecule has 0 radical (unpaired) electrons. The van der Waals surface area contributed by atoms with Crippen molar-refractivity contribution in [3.05, 3.63) is 35.4 Å². The molecule has 2 aliphatic heterocycles. The van der Waals surface area contributed by atoms with Crippen molar-refractivity contribution in [1.82, 2.24) is 9.80 Å². The van der Waals surface area contributed by atoms with E-state index in [1.165, 1.54) is 0 Å². The van der Waals surface area contributed by atoms with Crippen molar-refractivity contribution in [3.63, 3.8) is 0 Å². The summed E-state index contributed by atoms with van der Waals surface area (Å²) < 4.78 is 0. The highest BCUT2D eigenvalue weighted by Gasteiger charge is 2.55. The highest BCUT2D eigenvalue weighted by atomic mass is 16.4. The number of hydrogen-bond acceptors (Lipinski definition) is 4. The first-order valence-corrected chi connectivity index (χ1v) is 9.63. The summed E-state index contributed by atoms with van der Waals surface area (Å²) in [5.41, 5.74) is -0.00537. The molecule has 0 spiro atoms. The van der Waals surface area contributed by atoms with Crippen LogP contribution in [0.5, 0.6) is 0 Å². The Kier molecular flexibility index (Phi) is 5.32. The second-order valence-corrected chi connectivity index (χ2v) is 8.88. The van der Waals surface area contributed by atoms with E-state index in [-0.39, 0.29) is 18.4 Å². The Morgan fingerprint density at radius 3 is 2.70 bits per heavy atom. The molecular weight excluding hydrogens is 344 g/mol. The van der Waals surface area contributed by atoms with Crippen LogP contribution in [0.3, 0.4) is 0 Å². The highest BCUT2D eigenvalue weighted by molar-refractivity contribution is 5.95. The van der Waals surface area contributed by atoms with Gasteiger partial charge in [-0.15, -0.1) is 0 Å².